The molecule has 0 heterocycles. The first kappa shape index (κ1) is 20.0. The third-order valence-electron chi connectivity index (χ3n) is 2.98. The predicted molar refractivity (Wildman–Crippen MR) is 91.2 cm³/mol. The van der Waals surface area contributed by atoms with Gasteiger partial charge in [0.05, 0.1) is 24.3 Å². The Labute approximate surface area is 145 Å². The van der Waals surface area contributed by atoms with E-state index in [9.17, 15) is 14.4 Å². The van der Waals surface area contributed by atoms with Gasteiger partial charge in [-0.15, -0.1) is 11.8 Å². The minimum absolute atomic E-state index is 0.147. The van der Waals surface area contributed by atoms with E-state index in [1.807, 2.05) is 0 Å². The zero-order valence-corrected chi connectivity index (χ0v) is 14.5. The molecule has 0 saturated heterocycles. The molecule has 0 bridgehead atoms. The number of rotatable bonds is 10. The number of methoxy groups -OCH3 is 1. The monoisotopic (exact) mass is 354 g/mol. The molecule has 0 aromatic heterocycles. The van der Waals surface area contributed by atoms with Crippen molar-refractivity contribution in [1.82, 2.24) is 10.6 Å². The van der Waals surface area contributed by atoms with Gasteiger partial charge in [-0.05, 0) is 19.1 Å². The smallest absolute Gasteiger partial charge is 0.305 e. The molecule has 0 aliphatic carbocycles. The summed E-state index contributed by atoms with van der Waals surface area (Å²) >= 11 is 1.25. The van der Waals surface area contributed by atoms with Crippen LogP contribution >= 0.6 is 11.8 Å². The highest BCUT2D eigenvalue weighted by atomic mass is 32.2. The molecule has 1 unspecified atom stereocenters. The molecule has 7 nitrogen and oxygen atoms in total. The Morgan fingerprint density at radius 3 is 2.67 bits per heavy atom. The van der Waals surface area contributed by atoms with E-state index >= 15 is 0 Å². The first-order valence-electron chi connectivity index (χ1n) is 7.44. The average molecular weight is 354 g/mol. The molecule has 132 valence electrons. The zero-order chi connectivity index (χ0) is 17.9. The second-order valence-electron chi connectivity index (χ2n) is 5.10. The summed E-state index contributed by atoms with van der Waals surface area (Å²) in [5, 5.41) is 14.1. The van der Waals surface area contributed by atoms with Crippen molar-refractivity contribution < 1.29 is 24.2 Å². The van der Waals surface area contributed by atoms with E-state index in [-0.39, 0.29) is 24.0 Å². The summed E-state index contributed by atoms with van der Waals surface area (Å²) in [6.07, 6.45) is -0.150. The minimum Gasteiger partial charge on any atom is -0.481 e. The maximum atomic E-state index is 12.3. The van der Waals surface area contributed by atoms with Gasteiger partial charge in [-0.25, -0.2) is 0 Å². The second kappa shape index (κ2) is 10.7. The molecule has 2 amide bonds. The van der Waals surface area contributed by atoms with Crippen LogP contribution in [0.25, 0.3) is 0 Å². The van der Waals surface area contributed by atoms with E-state index in [1.54, 1.807) is 38.3 Å². The number of carbonyl (C=O) groups excluding carboxylic acids is 2. The number of amides is 2. The van der Waals surface area contributed by atoms with E-state index in [2.05, 4.69) is 10.6 Å². The Morgan fingerprint density at radius 1 is 1.29 bits per heavy atom. The highest BCUT2D eigenvalue weighted by Crippen LogP contribution is 2.22. The van der Waals surface area contributed by atoms with Crippen LogP contribution in [-0.4, -0.2) is 54.9 Å². The van der Waals surface area contributed by atoms with Crippen LogP contribution in [0.5, 0.6) is 0 Å². The Kier molecular flexibility index (Phi) is 8.88. The molecule has 1 aromatic rings. The van der Waals surface area contributed by atoms with Gasteiger partial charge in [-0.1, -0.05) is 12.1 Å². The van der Waals surface area contributed by atoms with Crippen LogP contribution in [-0.2, 0) is 14.3 Å². The topological polar surface area (TPSA) is 105 Å². The molecule has 0 aliphatic rings. The first-order valence-corrected chi connectivity index (χ1v) is 8.42. The third-order valence-corrected chi connectivity index (χ3v) is 4.05. The summed E-state index contributed by atoms with van der Waals surface area (Å²) < 4.78 is 4.85. The van der Waals surface area contributed by atoms with Crippen molar-refractivity contribution in [2.45, 2.75) is 24.3 Å². The molecule has 0 radical (unpaired) electrons. The molecule has 1 rings (SSSR count). The SMILES string of the molecule is COCCNC(=O)CSc1ccccc1C(=O)NC(C)CC(=O)O. The summed E-state index contributed by atoms with van der Waals surface area (Å²) in [4.78, 5) is 35.3. The van der Waals surface area contributed by atoms with Crippen molar-refractivity contribution in [2.24, 2.45) is 0 Å². The molecule has 0 fully saturated rings. The summed E-state index contributed by atoms with van der Waals surface area (Å²) in [5.74, 6) is -1.30. The van der Waals surface area contributed by atoms with Gasteiger partial charge in [-0.2, -0.15) is 0 Å². The molecule has 0 spiro atoms. The molecular weight excluding hydrogens is 332 g/mol. The average Bonchev–Trinajstić information content (AvgIpc) is 2.52. The molecular formula is C16H22N2O5S. The number of hydrogen-bond donors (Lipinski definition) is 3. The number of carbonyl (C=O) groups is 3. The van der Waals surface area contributed by atoms with E-state index in [0.29, 0.717) is 23.6 Å². The first-order chi connectivity index (χ1) is 11.4. The maximum absolute atomic E-state index is 12.3. The summed E-state index contributed by atoms with van der Waals surface area (Å²) in [5.41, 5.74) is 0.421. The Morgan fingerprint density at radius 2 is 2.00 bits per heavy atom. The van der Waals surface area contributed by atoms with E-state index in [0.717, 1.165) is 0 Å². The fourth-order valence-electron chi connectivity index (χ4n) is 1.88. The standard InChI is InChI=1S/C16H22N2O5S/c1-11(9-15(20)21)18-16(22)12-5-3-4-6-13(12)24-10-14(19)17-7-8-23-2/h3-6,11H,7-10H2,1-2H3,(H,17,19)(H,18,22)(H,20,21). The van der Waals surface area contributed by atoms with Crippen LogP contribution in [0.15, 0.2) is 29.2 Å². The van der Waals surface area contributed by atoms with E-state index in [4.69, 9.17) is 9.84 Å². The highest BCUT2D eigenvalue weighted by molar-refractivity contribution is 8.00. The Balaban J connectivity index is 2.62. The van der Waals surface area contributed by atoms with Gasteiger partial charge < -0.3 is 20.5 Å². The van der Waals surface area contributed by atoms with Gasteiger partial charge in [-0.3, -0.25) is 14.4 Å². The van der Waals surface area contributed by atoms with Gasteiger partial charge in [0.2, 0.25) is 5.91 Å². The number of nitrogens with one attached hydrogen (secondary N) is 2. The van der Waals surface area contributed by atoms with Crippen LogP contribution in [0, 0.1) is 0 Å². The van der Waals surface area contributed by atoms with Gasteiger partial charge >= 0.3 is 5.97 Å². The number of carboxylic acid groups (broad SMARTS) is 1. The molecule has 3 N–H and O–H groups in total. The lowest BCUT2D eigenvalue weighted by atomic mass is 10.2. The van der Waals surface area contributed by atoms with Crippen LogP contribution in [0.1, 0.15) is 23.7 Å². The lowest BCUT2D eigenvalue weighted by Crippen LogP contribution is -2.34. The second-order valence-corrected chi connectivity index (χ2v) is 6.12. The fourth-order valence-corrected chi connectivity index (χ4v) is 2.76. The van der Waals surface area contributed by atoms with Crippen molar-refractivity contribution >= 4 is 29.5 Å². The van der Waals surface area contributed by atoms with Gasteiger partial charge in [0.1, 0.15) is 0 Å². The van der Waals surface area contributed by atoms with Gasteiger partial charge in [0.15, 0.2) is 0 Å². The molecule has 1 aromatic carbocycles. The largest absolute Gasteiger partial charge is 0.481 e. The predicted octanol–water partition coefficient (Wildman–Crippen LogP) is 1.13. The van der Waals surface area contributed by atoms with Crippen molar-refractivity contribution in [1.29, 1.82) is 0 Å². The Bertz CT molecular complexity index is 579. The number of aliphatic carboxylic acids is 1. The summed E-state index contributed by atoms with van der Waals surface area (Å²) in [6.45, 7) is 2.51. The van der Waals surface area contributed by atoms with Crippen LogP contribution in [0.4, 0.5) is 0 Å². The number of ether oxygens (including phenoxy) is 1. The van der Waals surface area contributed by atoms with E-state index < -0.39 is 12.0 Å². The molecule has 1 atom stereocenters. The molecule has 0 saturated carbocycles. The lowest BCUT2D eigenvalue weighted by Gasteiger charge is -2.14. The summed E-state index contributed by atoms with van der Waals surface area (Å²) in [7, 11) is 1.56. The van der Waals surface area contributed by atoms with Gasteiger partial charge in [0, 0.05) is 24.6 Å². The third kappa shape index (κ3) is 7.47. The van der Waals surface area contributed by atoms with Crippen LogP contribution in [0.2, 0.25) is 0 Å². The zero-order valence-electron chi connectivity index (χ0n) is 13.7. The fraction of sp³-hybridized carbons (Fsp3) is 0.438. The van der Waals surface area contributed by atoms with Gasteiger partial charge in [0.25, 0.3) is 5.91 Å². The minimum atomic E-state index is -0.974. The van der Waals surface area contributed by atoms with E-state index in [1.165, 1.54) is 11.8 Å². The molecule has 8 heteroatoms. The highest BCUT2D eigenvalue weighted by Gasteiger charge is 2.16. The maximum Gasteiger partial charge on any atom is 0.305 e. The summed E-state index contributed by atoms with van der Waals surface area (Å²) in [6, 6.07) is 6.42. The van der Waals surface area contributed by atoms with Crippen molar-refractivity contribution in [2.75, 3.05) is 26.0 Å². The Hall–Kier alpha value is -2.06. The van der Waals surface area contributed by atoms with Crippen molar-refractivity contribution in [3.63, 3.8) is 0 Å². The number of carboxylic acids is 1. The normalized spacial score (nSPS) is 11.6. The molecule has 0 aliphatic heterocycles. The van der Waals surface area contributed by atoms with Crippen molar-refractivity contribution in [3.8, 4) is 0 Å². The number of thioether (sulfide) groups is 1. The quantitative estimate of drug-likeness (QED) is 0.430. The lowest BCUT2D eigenvalue weighted by molar-refractivity contribution is -0.137. The van der Waals surface area contributed by atoms with Crippen molar-refractivity contribution in [3.05, 3.63) is 29.8 Å². The van der Waals surface area contributed by atoms with Crippen LogP contribution < -0.4 is 10.6 Å². The number of benzene rings is 1. The molecule has 24 heavy (non-hydrogen) atoms. The number of hydrogen-bond acceptors (Lipinski definition) is 5. The van der Waals surface area contributed by atoms with Crippen LogP contribution in [0.3, 0.4) is 0 Å².